The van der Waals surface area contributed by atoms with Gasteiger partial charge in [0.05, 0.1) is 5.02 Å². The molecule has 0 spiro atoms. The van der Waals surface area contributed by atoms with Crippen LogP contribution in [-0.4, -0.2) is 11.0 Å². The minimum absolute atomic E-state index is 0.0305. The van der Waals surface area contributed by atoms with Crippen molar-refractivity contribution in [2.45, 2.75) is 33.4 Å². The van der Waals surface area contributed by atoms with Crippen molar-refractivity contribution in [3.05, 3.63) is 52.4 Å². The molecule has 1 aromatic heterocycles. The predicted octanol–water partition coefficient (Wildman–Crippen LogP) is 4.47. The van der Waals surface area contributed by atoms with E-state index in [0.717, 1.165) is 17.7 Å². The lowest BCUT2D eigenvalue weighted by atomic mass is 10.2. The van der Waals surface area contributed by atoms with E-state index < -0.39 is 5.82 Å². The molecule has 1 heterocycles. The van der Waals surface area contributed by atoms with Gasteiger partial charge < -0.3 is 10.1 Å². The van der Waals surface area contributed by atoms with E-state index in [1.54, 1.807) is 12.3 Å². The molecule has 0 aliphatic heterocycles. The second kappa shape index (κ2) is 6.87. The average Bonchev–Trinajstić information content (AvgIpc) is 2.44. The van der Waals surface area contributed by atoms with Crippen molar-refractivity contribution in [1.82, 2.24) is 10.3 Å². The zero-order valence-electron chi connectivity index (χ0n) is 12.3. The normalized spacial score (nSPS) is 11.0. The van der Waals surface area contributed by atoms with Gasteiger partial charge >= 0.3 is 0 Å². The van der Waals surface area contributed by atoms with Gasteiger partial charge in [-0.2, -0.15) is 0 Å². The van der Waals surface area contributed by atoms with E-state index >= 15 is 0 Å². The van der Waals surface area contributed by atoms with E-state index in [1.807, 2.05) is 13.0 Å². The zero-order valence-corrected chi connectivity index (χ0v) is 13.0. The van der Waals surface area contributed by atoms with Gasteiger partial charge in [-0.05, 0) is 30.7 Å². The summed E-state index contributed by atoms with van der Waals surface area (Å²) in [5.41, 5.74) is 1.90. The fourth-order valence-electron chi connectivity index (χ4n) is 1.81. The molecule has 1 aromatic carbocycles. The third-order valence-electron chi connectivity index (χ3n) is 2.92. The van der Waals surface area contributed by atoms with E-state index in [1.165, 1.54) is 12.1 Å². The number of halogens is 2. The molecule has 21 heavy (non-hydrogen) atoms. The van der Waals surface area contributed by atoms with Gasteiger partial charge in [0.25, 0.3) is 0 Å². The van der Waals surface area contributed by atoms with Crippen LogP contribution in [0.4, 0.5) is 4.39 Å². The van der Waals surface area contributed by atoms with Crippen LogP contribution in [0.1, 0.15) is 25.0 Å². The van der Waals surface area contributed by atoms with Crippen LogP contribution < -0.4 is 10.1 Å². The second-order valence-electron chi connectivity index (χ2n) is 5.16. The molecular weight excluding hydrogens is 291 g/mol. The lowest BCUT2D eigenvalue weighted by molar-refractivity contribution is 0.424. The summed E-state index contributed by atoms with van der Waals surface area (Å²) in [5.74, 6) is -0.124. The molecule has 0 amide bonds. The highest BCUT2D eigenvalue weighted by Gasteiger charge is 2.11. The summed E-state index contributed by atoms with van der Waals surface area (Å²) >= 11 is 5.73. The lowest BCUT2D eigenvalue weighted by Gasteiger charge is -2.12. The maximum Gasteiger partial charge on any atom is 0.222 e. The number of hydrogen-bond acceptors (Lipinski definition) is 3. The number of hydrogen-bond donors (Lipinski definition) is 1. The van der Waals surface area contributed by atoms with Crippen LogP contribution >= 0.6 is 11.6 Å². The van der Waals surface area contributed by atoms with Crippen molar-refractivity contribution in [1.29, 1.82) is 0 Å². The Kier molecular flexibility index (Phi) is 5.15. The van der Waals surface area contributed by atoms with Gasteiger partial charge in [-0.25, -0.2) is 9.37 Å². The van der Waals surface area contributed by atoms with Crippen LogP contribution in [0.2, 0.25) is 5.02 Å². The summed E-state index contributed by atoms with van der Waals surface area (Å²) in [7, 11) is 0. The number of pyridine rings is 1. The highest BCUT2D eigenvalue weighted by atomic mass is 35.5. The van der Waals surface area contributed by atoms with Gasteiger partial charge in [0.2, 0.25) is 5.88 Å². The first kappa shape index (κ1) is 15.7. The first-order valence-corrected chi connectivity index (χ1v) is 7.16. The molecule has 0 aliphatic carbocycles. The van der Waals surface area contributed by atoms with Gasteiger partial charge in [0.15, 0.2) is 11.6 Å². The summed E-state index contributed by atoms with van der Waals surface area (Å²) in [5, 5.41) is 3.35. The number of rotatable bonds is 5. The summed E-state index contributed by atoms with van der Waals surface area (Å²) in [4.78, 5) is 4.25. The Morgan fingerprint density at radius 2 is 2.14 bits per heavy atom. The minimum Gasteiger partial charge on any atom is -0.436 e. The van der Waals surface area contributed by atoms with E-state index in [0.29, 0.717) is 11.9 Å². The Morgan fingerprint density at radius 1 is 1.38 bits per heavy atom. The average molecular weight is 309 g/mol. The van der Waals surface area contributed by atoms with E-state index in [4.69, 9.17) is 16.3 Å². The fraction of sp³-hybridized carbons (Fsp3) is 0.312. The summed E-state index contributed by atoms with van der Waals surface area (Å²) in [6, 6.07) is 7.01. The topological polar surface area (TPSA) is 34.2 Å². The second-order valence-corrected chi connectivity index (χ2v) is 5.56. The predicted molar refractivity (Wildman–Crippen MR) is 82.4 cm³/mol. The molecule has 0 bridgehead atoms. The molecule has 112 valence electrons. The standard InChI is InChI=1S/C16H18ClFN2O/c1-10(2)19-8-12-7-11(3)16(20-9-12)21-14-6-4-5-13(17)15(14)18/h4-7,9-10,19H,8H2,1-3H3. The quantitative estimate of drug-likeness (QED) is 0.884. The fourth-order valence-corrected chi connectivity index (χ4v) is 1.98. The summed E-state index contributed by atoms with van der Waals surface area (Å²) in [6.07, 6.45) is 1.72. The molecule has 0 unspecified atom stereocenters. The smallest absolute Gasteiger partial charge is 0.222 e. The number of nitrogens with one attached hydrogen (secondary N) is 1. The molecule has 0 aliphatic rings. The molecule has 0 radical (unpaired) electrons. The maximum absolute atomic E-state index is 13.8. The molecular formula is C16H18ClFN2O. The number of nitrogens with zero attached hydrogens (tertiary/aromatic N) is 1. The Bertz CT molecular complexity index is 632. The third kappa shape index (κ3) is 4.16. The molecule has 2 rings (SSSR count). The molecule has 0 saturated heterocycles. The first-order chi connectivity index (χ1) is 9.97. The lowest BCUT2D eigenvalue weighted by Crippen LogP contribution is -2.21. The van der Waals surface area contributed by atoms with Crippen molar-refractivity contribution in [3.63, 3.8) is 0 Å². The number of ether oxygens (including phenoxy) is 1. The maximum atomic E-state index is 13.8. The largest absolute Gasteiger partial charge is 0.436 e. The number of aromatic nitrogens is 1. The van der Waals surface area contributed by atoms with Gasteiger partial charge in [-0.1, -0.05) is 31.5 Å². The van der Waals surface area contributed by atoms with Crippen LogP contribution in [0, 0.1) is 12.7 Å². The van der Waals surface area contributed by atoms with E-state index in [-0.39, 0.29) is 10.8 Å². The Labute approximate surface area is 129 Å². The van der Waals surface area contributed by atoms with Gasteiger partial charge in [0, 0.05) is 24.3 Å². The SMILES string of the molecule is Cc1cc(CNC(C)C)cnc1Oc1cccc(Cl)c1F. The van der Waals surface area contributed by atoms with Crippen molar-refractivity contribution < 1.29 is 9.13 Å². The summed E-state index contributed by atoms with van der Waals surface area (Å²) in [6.45, 7) is 6.78. The van der Waals surface area contributed by atoms with Crippen molar-refractivity contribution in [2.24, 2.45) is 0 Å². The van der Waals surface area contributed by atoms with E-state index in [2.05, 4.69) is 24.1 Å². The first-order valence-electron chi connectivity index (χ1n) is 6.78. The highest BCUT2D eigenvalue weighted by Crippen LogP contribution is 2.29. The number of benzene rings is 1. The monoisotopic (exact) mass is 308 g/mol. The van der Waals surface area contributed by atoms with E-state index in [9.17, 15) is 4.39 Å². The molecule has 0 fully saturated rings. The third-order valence-corrected chi connectivity index (χ3v) is 3.22. The van der Waals surface area contributed by atoms with Crippen LogP contribution in [0.25, 0.3) is 0 Å². The molecule has 0 atom stereocenters. The van der Waals surface area contributed by atoms with Crippen LogP contribution in [0.5, 0.6) is 11.6 Å². The minimum atomic E-state index is -0.578. The Hall–Kier alpha value is -1.65. The summed E-state index contributed by atoms with van der Waals surface area (Å²) < 4.78 is 19.3. The Balaban J connectivity index is 2.16. The van der Waals surface area contributed by atoms with Gasteiger partial charge in [-0.15, -0.1) is 0 Å². The van der Waals surface area contributed by atoms with Gasteiger partial charge in [0.1, 0.15) is 0 Å². The van der Waals surface area contributed by atoms with Crippen LogP contribution in [0.15, 0.2) is 30.5 Å². The molecule has 5 heteroatoms. The molecule has 0 saturated carbocycles. The molecule has 1 N–H and O–H groups in total. The Morgan fingerprint density at radius 3 is 2.81 bits per heavy atom. The number of aryl methyl sites for hydroxylation is 1. The highest BCUT2D eigenvalue weighted by molar-refractivity contribution is 6.30. The van der Waals surface area contributed by atoms with Gasteiger partial charge in [-0.3, -0.25) is 0 Å². The van der Waals surface area contributed by atoms with Crippen molar-refractivity contribution in [2.75, 3.05) is 0 Å². The van der Waals surface area contributed by atoms with Crippen molar-refractivity contribution >= 4 is 11.6 Å². The van der Waals surface area contributed by atoms with Crippen LogP contribution in [0.3, 0.4) is 0 Å². The zero-order chi connectivity index (χ0) is 15.4. The molecule has 2 aromatic rings. The van der Waals surface area contributed by atoms with Crippen molar-refractivity contribution in [3.8, 4) is 11.6 Å². The van der Waals surface area contributed by atoms with Crippen LogP contribution in [-0.2, 0) is 6.54 Å². The molecule has 3 nitrogen and oxygen atoms in total.